The minimum atomic E-state index is -3.13. The van der Waals surface area contributed by atoms with Gasteiger partial charge in [0, 0.05) is 55.3 Å². The number of benzene rings is 6. The molecule has 0 atom stereocenters. The maximum Gasteiger partial charge on any atom is 0.171 e. The van der Waals surface area contributed by atoms with Gasteiger partial charge in [0.25, 0.3) is 0 Å². The third-order valence-corrected chi connectivity index (χ3v) is 14.4. The van der Waals surface area contributed by atoms with Crippen molar-refractivity contribution in [3.63, 3.8) is 0 Å². The van der Waals surface area contributed by atoms with Gasteiger partial charge in [-0.05, 0) is 29.3 Å². The van der Waals surface area contributed by atoms with Crippen molar-refractivity contribution in [3.8, 4) is 22.3 Å². The summed E-state index contributed by atoms with van der Waals surface area (Å²) in [5.74, 6) is 0. The highest BCUT2D eigenvalue weighted by atomic mass is 31.2. The summed E-state index contributed by atoms with van der Waals surface area (Å²) < 4.78 is 30.0. The second kappa shape index (κ2) is 12.7. The van der Waals surface area contributed by atoms with Crippen LogP contribution in [0.2, 0.25) is 0 Å². The number of rotatable bonds is 8. The maximum absolute atomic E-state index is 15.0. The molecule has 0 unspecified atom stereocenters. The predicted molar refractivity (Wildman–Crippen MR) is 194 cm³/mol. The second-order valence-electron chi connectivity index (χ2n) is 11.1. The molecule has 0 aliphatic heterocycles. The standard InChI is InChI=1S/C41H31NO2P2/c43-45(36-17-5-1-6-18-36,37-19-7-2-8-20-37)40-25-13-15-32(28-40)34-27-35(31-42-30-34)33-16-14-26-41(29-33)46(44,38-21-9-3-10-22-38)39-23-11-4-12-24-39/h1-31H. The summed E-state index contributed by atoms with van der Waals surface area (Å²) in [4.78, 5) is 4.62. The summed E-state index contributed by atoms with van der Waals surface area (Å²) in [7, 11) is -6.26. The van der Waals surface area contributed by atoms with Crippen LogP contribution in [-0.4, -0.2) is 4.98 Å². The van der Waals surface area contributed by atoms with Crippen LogP contribution >= 0.6 is 14.3 Å². The van der Waals surface area contributed by atoms with E-state index in [1.807, 2.05) is 182 Å². The molecule has 46 heavy (non-hydrogen) atoms. The first-order valence-electron chi connectivity index (χ1n) is 15.2. The SMILES string of the molecule is O=P(c1ccccc1)(c1ccccc1)c1cccc(-c2cncc(-c3cccc(P(=O)(c4ccccc4)c4ccccc4)c3)c2)c1. The molecule has 0 radical (unpaired) electrons. The fourth-order valence-electron chi connectivity index (χ4n) is 5.96. The van der Waals surface area contributed by atoms with E-state index >= 15 is 9.13 Å². The van der Waals surface area contributed by atoms with Crippen molar-refractivity contribution in [1.82, 2.24) is 4.98 Å². The minimum Gasteiger partial charge on any atom is -0.309 e. The summed E-state index contributed by atoms with van der Waals surface area (Å²) in [6.45, 7) is 0. The predicted octanol–water partition coefficient (Wildman–Crippen LogP) is 7.69. The zero-order valence-corrected chi connectivity index (χ0v) is 26.8. The van der Waals surface area contributed by atoms with Gasteiger partial charge >= 0.3 is 0 Å². The van der Waals surface area contributed by atoms with Gasteiger partial charge in [-0.3, -0.25) is 4.98 Å². The third kappa shape index (κ3) is 5.50. The molecule has 222 valence electrons. The van der Waals surface area contributed by atoms with Crippen LogP contribution < -0.4 is 31.8 Å². The van der Waals surface area contributed by atoms with Crippen LogP contribution in [0.1, 0.15) is 0 Å². The van der Waals surface area contributed by atoms with Crippen LogP contribution in [0.5, 0.6) is 0 Å². The van der Waals surface area contributed by atoms with Crippen molar-refractivity contribution in [2.45, 2.75) is 0 Å². The van der Waals surface area contributed by atoms with Gasteiger partial charge in [-0.1, -0.05) is 158 Å². The molecule has 0 bridgehead atoms. The van der Waals surface area contributed by atoms with E-state index in [9.17, 15) is 0 Å². The minimum absolute atomic E-state index is 0.765. The summed E-state index contributed by atoms with van der Waals surface area (Å²) in [5.41, 5.74) is 3.67. The van der Waals surface area contributed by atoms with Crippen molar-refractivity contribution in [1.29, 1.82) is 0 Å². The molecule has 0 fully saturated rings. The van der Waals surface area contributed by atoms with Gasteiger partial charge in [0.05, 0.1) is 0 Å². The van der Waals surface area contributed by atoms with Gasteiger partial charge in [-0.2, -0.15) is 0 Å². The van der Waals surface area contributed by atoms with Gasteiger partial charge in [0.15, 0.2) is 14.3 Å². The number of hydrogen-bond donors (Lipinski definition) is 0. The molecule has 0 aliphatic carbocycles. The average molecular weight is 632 g/mol. The highest BCUT2D eigenvalue weighted by Gasteiger charge is 2.31. The molecule has 3 nitrogen and oxygen atoms in total. The smallest absolute Gasteiger partial charge is 0.171 e. The first-order valence-corrected chi connectivity index (χ1v) is 18.6. The van der Waals surface area contributed by atoms with Crippen LogP contribution in [0.15, 0.2) is 188 Å². The Morgan fingerprint density at radius 2 is 0.609 bits per heavy atom. The molecule has 6 aromatic carbocycles. The van der Waals surface area contributed by atoms with Crippen molar-refractivity contribution in [3.05, 3.63) is 188 Å². The Labute approximate surface area is 270 Å². The van der Waals surface area contributed by atoms with Gasteiger partial charge in [0.1, 0.15) is 0 Å². The summed E-state index contributed by atoms with van der Waals surface area (Å²) in [6, 6.07) is 56.8. The van der Waals surface area contributed by atoms with Crippen molar-refractivity contribution in [2.75, 3.05) is 0 Å². The molecule has 0 N–H and O–H groups in total. The summed E-state index contributed by atoms with van der Waals surface area (Å²) in [6.07, 6.45) is 3.67. The second-order valence-corrected chi connectivity index (χ2v) is 16.7. The van der Waals surface area contributed by atoms with Gasteiger partial charge in [0.2, 0.25) is 0 Å². The highest BCUT2D eigenvalue weighted by molar-refractivity contribution is 7.85. The van der Waals surface area contributed by atoms with Crippen molar-refractivity contribution >= 4 is 46.1 Å². The van der Waals surface area contributed by atoms with Crippen LogP contribution in [0, 0.1) is 0 Å². The van der Waals surface area contributed by atoms with Crippen molar-refractivity contribution in [2.24, 2.45) is 0 Å². The number of pyridine rings is 1. The van der Waals surface area contributed by atoms with E-state index in [1.165, 1.54) is 0 Å². The monoisotopic (exact) mass is 631 g/mol. The Morgan fingerprint density at radius 1 is 0.304 bits per heavy atom. The van der Waals surface area contributed by atoms with Crippen LogP contribution in [0.25, 0.3) is 22.3 Å². The summed E-state index contributed by atoms with van der Waals surface area (Å²) in [5, 5.41) is 4.71. The zero-order chi connectivity index (χ0) is 31.4. The van der Waals surface area contributed by atoms with E-state index in [-0.39, 0.29) is 0 Å². The Balaban J connectivity index is 1.31. The van der Waals surface area contributed by atoms with Gasteiger partial charge in [-0.25, -0.2) is 0 Å². The normalized spacial score (nSPS) is 11.7. The van der Waals surface area contributed by atoms with Gasteiger partial charge in [-0.15, -0.1) is 0 Å². The number of nitrogens with zero attached hydrogens (tertiary/aromatic N) is 1. The Hall–Kier alpha value is -5.07. The highest BCUT2D eigenvalue weighted by Crippen LogP contribution is 2.44. The Morgan fingerprint density at radius 3 is 0.935 bits per heavy atom. The van der Waals surface area contributed by atoms with E-state index < -0.39 is 14.3 Å². The lowest BCUT2D eigenvalue weighted by molar-refractivity contribution is 0.591. The molecule has 5 heteroatoms. The largest absolute Gasteiger partial charge is 0.309 e. The molecule has 0 aliphatic rings. The van der Waals surface area contributed by atoms with Gasteiger partial charge < -0.3 is 9.13 Å². The molecule has 7 aromatic rings. The van der Waals surface area contributed by atoms with Crippen LogP contribution in [0.4, 0.5) is 0 Å². The first kappa shape index (κ1) is 29.6. The molecular formula is C41H31NO2P2. The van der Waals surface area contributed by atoms with E-state index in [4.69, 9.17) is 0 Å². The summed E-state index contributed by atoms with van der Waals surface area (Å²) >= 11 is 0. The van der Waals surface area contributed by atoms with Crippen LogP contribution in [0.3, 0.4) is 0 Å². The quantitative estimate of drug-likeness (QED) is 0.162. The molecule has 0 saturated carbocycles. The molecule has 0 spiro atoms. The third-order valence-electron chi connectivity index (χ3n) is 8.30. The fraction of sp³-hybridized carbons (Fsp3) is 0. The Bertz CT molecular complexity index is 1960. The first-order chi connectivity index (χ1) is 22.6. The Kier molecular flexibility index (Phi) is 8.20. The van der Waals surface area contributed by atoms with E-state index in [0.29, 0.717) is 0 Å². The molecule has 0 amide bonds. The fourth-order valence-corrected chi connectivity index (χ4v) is 11.4. The van der Waals surface area contributed by atoms with Crippen molar-refractivity contribution < 1.29 is 9.13 Å². The molecular weight excluding hydrogens is 600 g/mol. The van der Waals surface area contributed by atoms with E-state index in [1.54, 1.807) is 0 Å². The lowest BCUT2D eigenvalue weighted by Gasteiger charge is -2.21. The average Bonchev–Trinajstić information content (AvgIpc) is 3.16. The molecule has 1 aromatic heterocycles. The topological polar surface area (TPSA) is 47.0 Å². The molecule has 7 rings (SSSR count). The lowest BCUT2D eigenvalue weighted by atomic mass is 10.0. The van der Waals surface area contributed by atoms with E-state index in [0.717, 1.165) is 54.1 Å². The van der Waals surface area contributed by atoms with Crippen LogP contribution in [-0.2, 0) is 9.13 Å². The number of aromatic nitrogens is 1. The zero-order valence-electron chi connectivity index (χ0n) is 25.1. The molecule has 0 saturated heterocycles. The maximum atomic E-state index is 15.0. The molecule has 1 heterocycles. The lowest BCUT2D eigenvalue weighted by Crippen LogP contribution is -2.25. The number of hydrogen-bond acceptors (Lipinski definition) is 3. The van der Waals surface area contributed by atoms with E-state index in [2.05, 4.69) is 11.1 Å².